The number of nitrogens with one attached hydrogen (secondary N) is 1. The van der Waals surface area contributed by atoms with Gasteiger partial charge in [-0.25, -0.2) is 5.43 Å². The van der Waals surface area contributed by atoms with Crippen LogP contribution in [-0.2, 0) is 0 Å². The fraction of sp³-hybridized carbons (Fsp3) is 0.125. The van der Waals surface area contributed by atoms with E-state index in [1.54, 1.807) is 30.3 Å². The molecule has 120 valence electrons. The van der Waals surface area contributed by atoms with Crippen molar-refractivity contribution in [1.29, 1.82) is 0 Å². The molecule has 0 aliphatic rings. The van der Waals surface area contributed by atoms with Crippen LogP contribution >= 0.6 is 15.9 Å². The molecule has 0 heterocycles. The van der Waals surface area contributed by atoms with Crippen LogP contribution in [0.25, 0.3) is 0 Å². The van der Waals surface area contributed by atoms with Crippen LogP contribution < -0.4 is 14.9 Å². The molecule has 0 aliphatic carbocycles. The minimum absolute atomic E-state index is 0.0670. The van der Waals surface area contributed by atoms with E-state index in [1.165, 1.54) is 26.5 Å². The average Bonchev–Trinajstić information content (AvgIpc) is 2.57. The molecule has 0 bridgehead atoms. The van der Waals surface area contributed by atoms with Gasteiger partial charge in [0.25, 0.3) is 5.91 Å². The van der Waals surface area contributed by atoms with Crippen LogP contribution in [0.1, 0.15) is 15.9 Å². The Balaban J connectivity index is 2.10. The summed E-state index contributed by atoms with van der Waals surface area (Å²) in [4.78, 5) is 12.1. The molecular weight excluding hydrogens is 364 g/mol. The number of methoxy groups -OCH3 is 2. The number of benzene rings is 2. The maximum absolute atomic E-state index is 12.1. The Kier molecular flexibility index (Phi) is 5.59. The summed E-state index contributed by atoms with van der Waals surface area (Å²) >= 11 is 3.30. The van der Waals surface area contributed by atoms with Crippen LogP contribution in [0.2, 0.25) is 0 Å². The highest BCUT2D eigenvalue weighted by Crippen LogP contribution is 2.27. The number of carbonyl (C=O) groups is 1. The van der Waals surface area contributed by atoms with Crippen LogP contribution in [0.15, 0.2) is 46.0 Å². The van der Waals surface area contributed by atoms with Gasteiger partial charge in [-0.2, -0.15) is 5.10 Å². The molecule has 0 aliphatic heterocycles. The van der Waals surface area contributed by atoms with Crippen LogP contribution in [0.3, 0.4) is 0 Å². The Morgan fingerprint density at radius 2 is 1.91 bits per heavy atom. The normalized spacial score (nSPS) is 10.6. The number of aromatic hydroxyl groups is 1. The predicted molar refractivity (Wildman–Crippen MR) is 90.4 cm³/mol. The first-order valence-corrected chi connectivity index (χ1v) is 7.38. The summed E-state index contributed by atoms with van der Waals surface area (Å²) in [6, 6.07) is 9.71. The minimum atomic E-state index is -0.406. The Bertz CT molecular complexity index is 747. The number of ether oxygens (including phenoxy) is 2. The van der Waals surface area contributed by atoms with Gasteiger partial charge in [0.05, 0.1) is 20.4 Å². The molecule has 2 aromatic rings. The third-order valence-electron chi connectivity index (χ3n) is 3.01. The summed E-state index contributed by atoms with van der Waals surface area (Å²) in [5.41, 5.74) is 3.24. The number of rotatable bonds is 5. The molecule has 2 rings (SSSR count). The highest BCUT2D eigenvalue weighted by Gasteiger charge is 2.10. The third kappa shape index (κ3) is 4.23. The molecular formula is C16H15BrN2O4. The van der Waals surface area contributed by atoms with E-state index in [0.717, 1.165) is 4.47 Å². The van der Waals surface area contributed by atoms with Gasteiger partial charge >= 0.3 is 0 Å². The summed E-state index contributed by atoms with van der Waals surface area (Å²) in [7, 11) is 3.01. The van der Waals surface area contributed by atoms with Gasteiger partial charge in [0.1, 0.15) is 5.75 Å². The maximum Gasteiger partial charge on any atom is 0.271 e. The van der Waals surface area contributed by atoms with Crippen LogP contribution in [0.4, 0.5) is 0 Å². The number of phenolic OH excluding ortho intramolecular Hbond substituents is 1. The number of hydrazone groups is 1. The topological polar surface area (TPSA) is 80.2 Å². The van der Waals surface area contributed by atoms with Crippen molar-refractivity contribution in [1.82, 2.24) is 5.43 Å². The summed E-state index contributed by atoms with van der Waals surface area (Å²) in [5, 5.41) is 13.5. The zero-order valence-corrected chi connectivity index (χ0v) is 14.1. The second kappa shape index (κ2) is 7.64. The molecule has 0 atom stereocenters. The lowest BCUT2D eigenvalue weighted by Crippen LogP contribution is -2.17. The van der Waals surface area contributed by atoms with Crippen molar-refractivity contribution in [2.24, 2.45) is 5.10 Å². The molecule has 0 fully saturated rings. The minimum Gasteiger partial charge on any atom is -0.507 e. The van der Waals surface area contributed by atoms with Crippen molar-refractivity contribution >= 4 is 28.1 Å². The Hall–Kier alpha value is -2.54. The maximum atomic E-state index is 12.1. The first-order valence-electron chi connectivity index (χ1n) is 6.59. The van der Waals surface area contributed by atoms with Crippen molar-refractivity contribution in [3.05, 3.63) is 52.0 Å². The standard InChI is InChI=1S/C16H15BrN2O4/c1-22-14-6-3-10(8-15(14)23-2)16(21)19-18-9-11-7-12(17)4-5-13(11)20/h3-9,20H,1-2H3,(H,19,21)/b18-9-. The quantitative estimate of drug-likeness (QED) is 0.619. The zero-order valence-electron chi connectivity index (χ0n) is 12.5. The highest BCUT2D eigenvalue weighted by atomic mass is 79.9. The molecule has 0 aromatic heterocycles. The smallest absolute Gasteiger partial charge is 0.271 e. The number of hydrogen-bond donors (Lipinski definition) is 2. The summed E-state index contributed by atoms with van der Waals surface area (Å²) in [6.45, 7) is 0. The summed E-state index contributed by atoms with van der Waals surface area (Å²) < 4.78 is 11.1. The van der Waals surface area contributed by atoms with E-state index in [4.69, 9.17) is 9.47 Å². The number of phenols is 1. The largest absolute Gasteiger partial charge is 0.507 e. The summed E-state index contributed by atoms with van der Waals surface area (Å²) in [6.07, 6.45) is 1.36. The molecule has 2 N–H and O–H groups in total. The lowest BCUT2D eigenvalue weighted by Gasteiger charge is -2.08. The van der Waals surface area contributed by atoms with E-state index in [0.29, 0.717) is 22.6 Å². The number of hydrogen-bond acceptors (Lipinski definition) is 5. The zero-order chi connectivity index (χ0) is 16.8. The van der Waals surface area contributed by atoms with E-state index >= 15 is 0 Å². The Labute approximate surface area is 141 Å². The van der Waals surface area contributed by atoms with Gasteiger partial charge in [-0.1, -0.05) is 15.9 Å². The average molecular weight is 379 g/mol. The Morgan fingerprint density at radius 3 is 2.61 bits per heavy atom. The summed E-state index contributed by atoms with van der Waals surface area (Å²) in [5.74, 6) is 0.648. The third-order valence-corrected chi connectivity index (χ3v) is 3.50. The molecule has 0 spiro atoms. The van der Waals surface area contributed by atoms with Gasteiger partial charge in [-0.15, -0.1) is 0 Å². The van der Waals surface area contributed by atoms with Gasteiger partial charge in [0, 0.05) is 15.6 Å². The monoisotopic (exact) mass is 378 g/mol. The molecule has 1 amide bonds. The molecule has 6 nitrogen and oxygen atoms in total. The number of carbonyl (C=O) groups excluding carboxylic acids is 1. The van der Waals surface area contributed by atoms with Crippen molar-refractivity contribution in [2.45, 2.75) is 0 Å². The first-order chi connectivity index (χ1) is 11.0. The fourth-order valence-corrected chi connectivity index (χ4v) is 2.21. The number of nitrogens with zero attached hydrogens (tertiary/aromatic N) is 1. The van der Waals surface area contributed by atoms with Crippen LogP contribution in [0, 0.1) is 0 Å². The van der Waals surface area contributed by atoms with Gasteiger partial charge < -0.3 is 14.6 Å². The molecule has 0 saturated heterocycles. The van der Waals surface area contributed by atoms with E-state index < -0.39 is 5.91 Å². The second-order valence-electron chi connectivity index (χ2n) is 4.47. The van der Waals surface area contributed by atoms with Gasteiger partial charge in [0.2, 0.25) is 0 Å². The van der Waals surface area contributed by atoms with Gasteiger partial charge in [0.15, 0.2) is 11.5 Å². The van der Waals surface area contributed by atoms with Crippen molar-refractivity contribution in [2.75, 3.05) is 14.2 Å². The van der Waals surface area contributed by atoms with Crippen LogP contribution in [0.5, 0.6) is 17.2 Å². The number of halogens is 1. The van der Waals surface area contributed by atoms with E-state index in [1.807, 2.05) is 0 Å². The Morgan fingerprint density at radius 1 is 1.17 bits per heavy atom. The highest BCUT2D eigenvalue weighted by molar-refractivity contribution is 9.10. The lowest BCUT2D eigenvalue weighted by atomic mass is 10.2. The van der Waals surface area contributed by atoms with E-state index in [-0.39, 0.29) is 5.75 Å². The SMILES string of the molecule is COc1ccc(C(=O)N/N=C\c2cc(Br)ccc2O)cc1OC. The predicted octanol–water partition coefficient (Wildman–Crippen LogP) is 2.94. The van der Waals surface area contributed by atoms with Crippen molar-refractivity contribution < 1.29 is 19.4 Å². The van der Waals surface area contributed by atoms with Gasteiger partial charge in [-0.05, 0) is 36.4 Å². The van der Waals surface area contributed by atoms with E-state index in [9.17, 15) is 9.90 Å². The molecule has 0 saturated carbocycles. The van der Waals surface area contributed by atoms with Gasteiger partial charge in [-0.3, -0.25) is 4.79 Å². The second-order valence-corrected chi connectivity index (χ2v) is 5.39. The molecule has 0 radical (unpaired) electrons. The first kappa shape index (κ1) is 16.8. The van der Waals surface area contributed by atoms with Crippen molar-refractivity contribution in [3.8, 4) is 17.2 Å². The lowest BCUT2D eigenvalue weighted by molar-refractivity contribution is 0.0954. The number of amides is 1. The molecule has 7 heteroatoms. The van der Waals surface area contributed by atoms with E-state index in [2.05, 4.69) is 26.5 Å². The molecule has 2 aromatic carbocycles. The molecule has 23 heavy (non-hydrogen) atoms. The van der Waals surface area contributed by atoms with Crippen molar-refractivity contribution in [3.63, 3.8) is 0 Å². The molecule has 0 unspecified atom stereocenters. The van der Waals surface area contributed by atoms with Crippen LogP contribution in [-0.4, -0.2) is 31.4 Å². The fourth-order valence-electron chi connectivity index (χ4n) is 1.83.